The molecule has 19 heavy (non-hydrogen) atoms. The first-order valence-corrected chi connectivity index (χ1v) is 5.94. The van der Waals surface area contributed by atoms with Crippen molar-refractivity contribution in [1.29, 1.82) is 0 Å². The minimum atomic E-state index is -1.06. The summed E-state index contributed by atoms with van der Waals surface area (Å²) in [7, 11) is 1.55. The third-order valence-electron chi connectivity index (χ3n) is 2.24. The number of halogens is 1. The Kier molecular flexibility index (Phi) is 5.89. The Labute approximate surface area is 115 Å². The summed E-state index contributed by atoms with van der Waals surface area (Å²) in [5.41, 5.74) is 0.548. The first-order valence-electron chi connectivity index (χ1n) is 5.57. The molecule has 0 bridgehead atoms. The Morgan fingerprint density at radius 3 is 2.84 bits per heavy atom. The van der Waals surface area contributed by atoms with Crippen LogP contribution < -0.4 is 10.1 Å². The van der Waals surface area contributed by atoms with Crippen LogP contribution in [0.5, 0.6) is 5.75 Å². The topological polar surface area (TPSA) is 75.6 Å². The zero-order chi connectivity index (χ0) is 14.3. The minimum absolute atomic E-state index is 0.128. The maximum absolute atomic E-state index is 11.1. The molecule has 1 aromatic carbocycles. The Bertz CT molecular complexity index is 499. The molecule has 6 heteroatoms. The van der Waals surface area contributed by atoms with Gasteiger partial charge in [-0.3, -0.25) is 4.79 Å². The number of benzene rings is 1. The van der Waals surface area contributed by atoms with E-state index in [9.17, 15) is 9.59 Å². The number of hydrogen-bond donors (Lipinski definition) is 2. The number of carbonyl (C=O) groups excluding carboxylic acids is 1. The van der Waals surface area contributed by atoms with E-state index in [1.165, 1.54) is 6.08 Å². The molecule has 102 valence electrons. The van der Waals surface area contributed by atoms with Gasteiger partial charge in [-0.2, -0.15) is 0 Å². The molecule has 2 N–H and O–H groups in total. The van der Waals surface area contributed by atoms with Crippen molar-refractivity contribution >= 4 is 29.6 Å². The number of aliphatic carboxylic acids is 1. The first kappa shape index (κ1) is 15.0. The molecule has 0 saturated carbocycles. The van der Waals surface area contributed by atoms with Crippen LogP contribution >= 0.6 is 11.6 Å². The van der Waals surface area contributed by atoms with E-state index in [1.54, 1.807) is 25.2 Å². The van der Waals surface area contributed by atoms with Gasteiger partial charge in [-0.25, -0.2) is 4.79 Å². The number of carbonyl (C=O) groups is 2. The molecule has 0 fully saturated rings. The van der Waals surface area contributed by atoms with Crippen LogP contribution in [-0.2, 0) is 9.59 Å². The zero-order valence-corrected chi connectivity index (χ0v) is 11.1. The van der Waals surface area contributed by atoms with Crippen molar-refractivity contribution in [1.82, 2.24) is 5.32 Å². The fraction of sp³-hybridized carbons (Fsp3) is 0.231. The number of carboxylic acids is 1. The van der Waals surface area contributed by atoms with Crippen LogP contribution in [0.4, 0.5) is 0 Å². The normalized spacial score (nSPS) is 10.4. The van der Waals surface area contributed by atoms with Gasteiger partial charge in [-0.15, -0.1) is 0 Å². The lowest BCUT2D eigenvalue weighted by molar-refractivity contribution is -0.131. The van der Waals surface area contributed by atoms with Gasteiger partial charge >= 0.3 is 5.97 Å². The van der Waals surface area contributed by atoms with Gasteiger partial charge in [0.25, 0.3) is 0 Å². The highest BCUT2D eigenvalue weighted by Gasteiger charge is 2.04. The summed E-state index contributed by atoms with van der Waals surface area (Å²) in [6.45, 7) is 0.204. The molecule has 1 amide bonds. The van der Waals surface area contributed by atoms with Crippen LogP contribution in [0.15, 0.2) is 24.3 Å². The molecule has 0 aromatic heterocycles. The SMILES string of the molecule is CNC(=O)CCOc1ccc(Cl)cc1C=CC(=O)O. The largest absolute Gasteiger partial charge is 0.492 e. The highest BCUT2D eigenvalue weighted by atomic mass is 35.5. The van der Waals surface area contributed by atoms with E-state index in [4.69, 9.17) is 21.4 Å². The molecule has 0 aliphatic carbocycles. The van der Waals surface area contributed by atoms with Crippen LogP contribution in [0.1, 0.15) is 12.0 Å². The quantitative estimate of drug-likeness (QED) is 0.783. The van der Waals surface area contributed by atoms with Crippen LogP contribution in [-0.4, -0.2) is 30.6 Å². The van der Waals surface area contributed by atoms with Gasteiger partial charge in [-0.05, 0) is 24.3 Å². The molecule has 0 radical (unpaired) electrons. The van der Waals surface area contributed by atoms with Crippen molar-refractivity contribution in [2.24, 2.45) is 0 Å². The van der Waals surface area contributed by atoms with Crippen molar-refractivity contribution in [3.63, 3.8) is 0 Å². The molecule has 0 saturated heterocycles. The first-order chi connectivity index (χ1) is 9.02. The van der Waals surface area contributed by atoms with Gasteiger partial charge in [0.05, 0.1) is 13.0 Å². The highest BCUT2D eigenvalue weighted by Crippen LogP contribution is 2.24. The fourth-order valence-electron chi connectivity index (χ4n) is 1.32. The third-order valence-corrected chi connectivity index (χ3v) is 2.48. The van der Waals surface area contributed by atoms with Gasteiger partial charge in [0, 0.05) is 23.7 Å². The Hall–Kier alpha value is -2.01. The smallest absolute Gasteiger partial charge is 0.328 e. The Morgan fingerprint density at radius 1 is 1.47 bits per heavy atom. The van der Waals surface area contributed by atoms with Crippen molar-refractivity contribution < 1.29 is 19.4 Å². The number of rotatable bonds is 6. The summed E-state index contributed by atoms with van der Waals surface area (Å²) in [6, 6.07) is 4.86. The molecule has 0 aliphatic heterocycles. The third kappa shape index (κ3) is 5.44. The zero-order valence-electron chi connectivity index (χ0n) is 10.4. The van der Waals surface area contributed by atoms with E-state index in [1.807, 2.05) is 0 Å². The van der Waals surface area contributed by atoms with Gasteiger partial charge in [-0.1, -0.05) is 11.6 Å². The number of amides is 1. The number of nitrogens with one attached hydrogen (secondary N) is 1. The molecular formula is C13H14ClNO4. The molecule has 1 rings (SSSR count). The monoisotopic (exact) mass is 283 g/mol. The van der Waals surface area contributed by atoms with Crippen LogP contribution in [0.2, 0.25) is 5.02 Å². The molecular weight excluding hydrogens is 270 g/mol. The summed E-state index contributed by atoms with van der Waals surface area (Å²) < 4.78 is 5.43. The number of hydrogen-bond acceptors (Lipinski definition) is 3. The summed E-state index contributed by atoms with van der Waals surface area (Å²) in [5.74, 6) is -0.710. The van der Waals surface area contributed by atoms with Gasteiger partial charge in [0.15, 0.2) is 0 Å². The minimum Gasteiger partial charge on any atom is -0.492 e. The van der Waals surface area contributed by atoms with E-state index >= 15 is 0 Å². The number of ether oxygens (including phenoxy) is 1. The predicted octanol–water partition coefficient (Wildman–Crippen LogP) is 1.95. The Balaban J connectivity index is 2.76. The second kappa shape index (κ2) is 7.43. The highest BCUT2D eigenvalue weighted by molar-refractivity contribution is 6.30. The summed E-state index contributed by atoms with van der Waals surface area (Å²) in [5, 5.41) is 11.6. The van der Waals surface area contributed by atoms with E-state index in [-0.39, 0.29) is 18.9 Å². The fourth-order valence-corrected chi connectivity index (χ4v) is 1.50. The van der Waals surface area contributed by atoms with Crippen LogP contribution in [0, 0.1) is 0 Å². The summed E-state index contributed by atoms with van der Waals surface area (Å²) >= 11 is 5.84. The lowest BCUT2D eigenvalue weighted by Gasteiger charge is -2.09. The van der Waals surface area contributed by atoms with Gasteiger partial charge in [0.2, 0.25) is 5.91 Å². The molecule has 0 heterocycles. The van der Waals surface area contributed by atoms with Crippen molar-refractivity contribution in [2.45, 2.75) is 6.42 Å². The van der Waals surface area contributed by atoms with E-state index < -0.39 is 5.97 Å². The average molecular weight is 284 g/mol. The van der Waals surface area contributed by atoms with Gasteiger partial charge < -0.3 is 15.2 Å². The lowest BCUT2D eigenvalue weighted by atomic mass is 10.2. The Morgan fingerprint density at radius 2 is 2.21 bits per heavy atom. The maximum Gasteiger partial charge on any atom is 0.328 e. The second-order valence-corrected chi connectivity index (χ2v) is 4.06. The molecule has 0 spiro atoms. The van der Waals surface area contributed by atoms with Gasteiger partial charge in [0.1, 0.15) is 5.75 Å². The average Bonchev–Trinajstić information content (AvgIpc) is 2.38. The molecule has 1 aromatic rings. The molecule has 0 aliphatic rings. The second-order valence-electron chi connectivity index (χ2n) is 3.63. The summed E-state index contributed by atoms with van der Waals surface area (Å²) in [6.07, 6.45) is 2.61. The van der Waals surface area contributed by atoms with Crippen molar-refractivity contribution in [3.05, 3.63) is 34.9 Å². The maximum atomic E-state index is 11.1. The predicted molar refractivity (Wildman–Crippen MR) is 72.3 cm³/mol. The molecule has 5 nitrogen and oxygen atoms in total. The summed E-state index contributed by atoms with van der Waals surface area (Å²) in [4.78, 5) is 21.5. The molecule has 0 atom stereocenters. The van der Waals surface area contributed by atoms with Crippen molar-refractivity contribution in [3.8, 4) is 5.75 Å². The standard InChI is InChI=1S/C13H14ClNO4/c1-15-12(16)6-7-19-11-4-3-10(14)8-9(11)2-5-13(17)18/h2-5,8H,6-7H2,1H3,(H,15,16)(H,17,18). The lowest BCUT2D eigenvalue weighted by Crippen LogP contribution is -2.20. The van der Waals surface area contributed by atoms with Crippen LogP contribution in [0.3, 0.4) is 0 Å². The number of carboxylic acid groups (broad SMARTS) is 1. The van der Waals surface area contributed by atoms with E-state index in [0.717, 1.165) is 6.08 Å². The molecule has 0 unspecified atom stereocenters. The van der Waals surface area contributed by atoms with Crippen molar-refractivity contribution in [2.75, 3.05) is 13.7 Å². The van der Waals surface area contributed by atoms with E-state index in [0.29, 0.717) is 16.3 Å². The van der Waals surface area contributed by atoms with E-state index in [2.05, 4.69) is 5.32 Å². The van der Waals surface area contributed by atoms with Crippen LogP contribution in [0.25, 0.3) is 6.08 Å².